The van der Waals surface area contributed by atoms with E-state index in [-0.39, 0.29) is 11.6 Å². The molecule has 1 atom stereocenters. The van der Waals surface area contributed by atoms with Crippen LogP contribution in [0.4, 0.5) is 5.69 Å². The van der Waals surface area contributed by atoms with Gasteiger partial charge in [-0.3, -0.25) is 9.51 Å². The molecule has 0 saturated carbocycles. The number of nitrogens with zero attached hydrogens (tertiary/aromatic N) is 3. The van der Waals surface area contributed by atoms with Crippen LogP contribution in [0, 0.1) is 0 Å². The van der Waals surface area contributed by atoms with Gasteiger partial charge in [0.2, 0.25) is 17.5 Å². The van der Waals surface area contributed by atoms with Crippen LogP contribution in [0.5, 0.6) is 17.4 Å². The minimum atomic E-state index is -0.675. The van der Waals surface area contributed by atoms with Gasteiger partial charge in [-0.2, -0.15) is 4.98 Å². The molecule has 146 valence electrons. The molecule has 10 heteroatoms. The fourth-order valence-corrected chi connectivity index (χ4v) is 2.92. The Morgan fingerprint density at radius 1 is 1.29 bits per heavy atom. The van der Waals surface area contributed by atoms with Crippen LogP contribution in [-0.4, -0.2) is 46.3 Å². The summed E-state index contributed by atoms with van der Waals surface area (Å²) in [6.45, 7) is 1.75. The third kappa shape index (κ3) is 4.12. The highest BCUT2D eigenvalue weighted by atomic mass is 16.5. The van der Waals surface area contributed by atoms with Gasteiger partial charge in [-0.05, 0) is 43.7 Å². The van der Waals surface area contributed by atoms with E-state index in [1.807, 2.05) is 0 Å². The molecule has 0 aliphatic carbocycles. The molecule has 0 radical (unpaired) electrons. The highest BCUT2D eigenvalue weighted by Crippen LogP contribution is 2.29. The highest BCUT2D eigenvalue weighted by Gasteiger charge is 2.17. The van der Waals surface area contributed by atoms with E-state index in [0.29, 0.717) is 23.4 Å². The number of ether oxygens (including phenoxy) is 2. The maximum absolute atomic E-state index is 11.2. The van der Waals surface area contributed by atoms with Crippen LogP contribution in [0.15, 0.2) is 39.8 Å². The number of hydrogen-bond donors (Lipinski definition) is 3. The second kappa shape index (κ2) is 8.09. The van der Waals surface area contributed by atoms with Crippen LogP contribution < -0.4 is 25.9 Å². The summed E-state index contributed by atoms with van der Waals surface area (Å²) in [5.74, 6) is 1.28. The topological polar surface area (TPSA) is 127 Å². The molecule has 1 aliphatic heterocycles. The van der Waals surface area contributed by atoms with Crippen molar-refractivity contribution in [3.63, 3.8) is 0 Å². The molecule has 0 spiro atoms. The van der Waals surface area contributed by atoms with Crippen LogP contribution in [0.1, 0.15) is 12.8 Å². The summed E-state index contributed by atoms with van der Waals surface area (Å²) in [5, 5.41) is 10.4. The second-order valence-corrected chi connectivity index (χ2v) is 6.31. The molecule has 2 aromatic heterocycles. The lowest BCUT2D eigenvalue weighted by atomic mass is 10.2. The van der Waals surface area contributed by atoms with Crippen LogP contribution in [0.3, 0.4) is 0 Å². The normalized spacial score (nSPS) is 16.1. The van der Waals surface area contributed by atoms with E-state index in [1.165, 1.54) is 0 Å². The molecular formula is C18H20N6O4. The fraction of sp³-hybridized carbons (Fsp3) is 0.333. The van der Waals surface area contributed by atoms with E-state index in [0.717, 1.165) is 31.7 Å². The lowest BCUT2D eigenvalue weighted by Gasteiger charge is -2.15. The first-order valence-electron chi connectivity index (χ1n) is 8.94. The van der Waals surface area contributed by atoms with Gasteiger partial charge in [-0.25, -0.2) is 9.78 Å². The zero-order valence-corrected chi connectivity index (χ0v) is 15.3. The number of methoxy groups -OCH3 is 1. The smallest absolute Gasteiger partial charge is 0.439 e. The summed E-state index contributed by atoms with van der Waals surface area (Å²) < 4.78 is 15.6. The predicted octanol–water partition coefficient (Wildman–Crippen LogP) is 1.78. The van der Waals surface area contributed by atoms with E-state index >= 15 is 0 Å². The first-order valence-corrected chi connectivity index (χ1v) is 8.94. The molecule has 4 rings (SSSR count). The van der Waals surface area contributed by atoms with Crippen molar-refractivity contribution in [2.75, 3.05) is 25.5 Å². The Labute approximate surface area is 160 Å². The zero-order valence-electron chi connectivity index (χ0n) is 15.3. The van der Waals surface area contributed by atoms with Gasteiger partial charge in [0.05, 0.1) is 13.3 Å². The van der Waals surface area contributed by atoms with Crippen LogP contribution in [0.2, 0.25) is 0 Å². The largest absolute Gasteiger partial charge is 0.497 e. The van der Waals surface area contributed by atoms with Crippen LogP contribution in [-0.2, 0) is 0 Å². The van der Waals surface area contributed by atoms with Crippen LogP contribution in [0.25, 0.3) is 11.6 Å². The Morgan fingerprint density at radius 3 is 2.79 bits per heavy atom. The molecule has 0 unspecified atom stereocenters. The average Bonchev–Trinajstić information content (AvgIpc) is 3.39. The van der Waals surface area contributed by atoms with Gasteiger partial charge < -0.3 is 20.1 Å². The summed E-state index contributed by atoms with van der Waals surface area (Å²) in [6.07, 6.45) is 3.88. The van der Waals surface area contributed by atoms with Crippen molar-refractivity contribution in [3.8, 4) is 29.0 Å². The molecule has 3 N–H and O–H groups in total. The maximum atomic E-state index is 11.2. The van der Waals surface area contributed by atoms with Crippen molar-refractivity contribution < 1.29 is 14.0 Å². The summed E-state index contributed by atoms with van der Waals surface area (Å²) in [5.41, 5.74) is 0.638. The molecular weight excluding hydrogens is 364 g/mol. The number of aromatic amines is 1. The zero-order chi connectivity index (χ0) is 19.3. The minimum Gasteiger partial charge on any atom is -0.497 e. The van der Waals surface area contributed by atoms with Gasteiger partial charge in [0.15, 0.2) is 0 Å². The third-order valence-electron chi connectivity index (χ3n) is 4.38. The van der Waals surface area contributed by atoms with Gasteiger partial charge in [0.25, 0.3) is 0 Å². The van der Waals surface area contributed by atoms with Crippen molar-refractivity contribution in [3.05, 3.63) is 41.0 Å². The van der Waals surface area contributed by atoms with E-state index in [9.17, 15) is 4.79 Å². The molecule has 0 amide bonds. The minimum absolute atomic E-state index is 0.133. The van der Waals surface area contributed by atoms with Crippen molar-refractivity contribution in [1.29, 1.82) is 0 Å². The van der Waals surface area contributed by atoms with Crippen molar-refractivity contribution in [2.24, 2.45) is 0 Å². The molecule has 28 heavy (non-hydrogen) atoms. The number of benzene rings is 1. The predicted molar refractivity (Wildman–Crippen MR) is 101 cm³/mol. The SMILES string of the molecule is COc1ccc(Oc2nc(-c3noc(=O)[nH]3)ncc2NC[C@@H]2CCCN2)cc1. The second-order valence-electron chi connectivity index (χ2n) is 6.31. The average molecular weight is 384 g/mol. The molecule has 1 fully saturated rings. The summed E-state index contributed by atoms with van der Waals surface area (Å²) in [4.78, 5) is 22.3. The van der Waals surface area contributed by atoms with E-state index in [1.54, 1.807) is 37.6 Å². The first-order chi connectivity index (χ1) is 13.7. The van der Waals surface area contributed by atoms with Gasteiger partial charge in [-0.15, -0.1) is 0 Å². The lowest BCUT2D eigenvalue weighted by Crippen LogP contribution is -2.29. The quantitative estimate of drug-likeness (QED) is 0.558. The third-order valence-corrected chi connectivity index (χ3v) is 4.38. The molecule has 0 bridgehead atoms. The Balaban J connectivity index is 1.60. The number of nitrogens with one attached hydrogen (secondary N) is 3. The van der Waals surface area contributed by atoms with E-state index in [4.69, 9.17) is 9.47 Å². The number of H-pyrrole nitrogens is 1. The molecule has 10 nitrogen and oxygen atoms in total. The molecule has 1 aliphatic rings. The highest BCUT2D eigenvalue weighted by molar-refractivity contribution is 5.56. The first kappa shape index (κ1) is 18.0. The number of aromatic nitrogens is 4. The standard InChI is InChI=1S/C18H20N6O4/c1-26-12-4-6-13(7-5-12)27-17-14(20-9-11-3-2-8-19-11)10-21-15(22-17)16-23-18(25)28-24-16/h4-7,10-11,19-20H,2-3,8-9H2,1H3,(H,23,24,25)/t11-/m0/s1. The summed E-state index contributed by atoms with van der Waals surface area (Å²) in [6, 6.07) is 7.53. The van der Waals surface area contributed by atoms with Crippen LogP contribution >= 0.6 is 0 Å². The molecule has 1 aromatic carbocycles. The number of hydrogen-bond acceptors (Lipinski definition) is 9. The van der Waals surface area contributed by atoms with Crippen molar-refractivity contribution >= 4 is 5.69 Å². The molecule has 3 aromatic rings. The molecule has 3 heterocycles. The van der Waals surface area contributed by atoms with Gasteiger partial charge in [0.1, 0.15) is 17.2 Å². The Morgan fingerprint density at radius 2 is 2.11 bits per heavy atom. The Kier molecular flexibility index (Phi) is 5.20. The van der Waals surface area contributed by atoms with E-state index in [2.05, 4.69) is 35.3 Å². The molecule has 1 saturated heterocycles. The van der Waals surface area contributed by atoms with Gasteiger partial charge in [0, 0.05) is 12.6 Å². The summed E-state index contributed by atoms with van der Waals surface area (Å²) in [7, 11) is 1.60. The van der Waals surface area contributed by atoms with Crippen molar-refractivity contribution in [1.82, 2.24) is 25.4 Å². The monoisotopic (exact) mass is 384 g/mol. The van der Waals surface area contributed by atoms with Gasteiger partial charge >= 0.3 is 5.76 Å². The van der Waals surface area contributed by atoms with E-state index < -0.39 is 5.76 Å². The summed E-state index contributed by atoms with van der Waals surface area (Å²) >= 11 is 0. The fourth-order valence-electron chi connectivity index (χ4n) is 2.92. The van der Waals surface area contributed by atoms with Crippen molar-refractivity contribution in [2.45, 2.75) is 18.9 Å². The number of anilines is 1. The Bertz CT molecular complexity index is 978. The van der Waals surface area contributed by atoms with Gasteiger partial charge in [-0.1, -0.05) is 5.16 Å². The Hall–Kier alpha value is -3.40. The lowest BCUT2D eigenvalue weighted by molar-refractivity contribution is 0.387. The maximum Gasteiger partial charge on any atom is 0.439 e. The number of rotatable bonds is 7.